The van der Waals surface area contributed by atoms with E-state index in [2.05, 4.69) is 6.92 Å². The number of rotatable bonds is 16. The van der Waals surface area contributed by atoms with Gasteiger partial charge in [0.1, 0.15) is 12.6 Å². The van der Waals surface area contributed by atoms with E-state index in [4.69, 9.17) is 0 Å². The summed E-state index contributed by atoms with van der Waals surface area (Å²) in [6.07, 6.45) is 8.44. The fraction of sp³-hybridized carbons (Fsp3) is 0.900. The summed E-state index contributed by atoms with van der Waals surface area (Å²) in [6, 6.07) is 0. The summed E-state index contributed by atoms with van der Waals surface area (Å²) < 4.78 is 34.0. The molecule has 1 N–H and O–H groups in total. The molecule has 0 fully saturated rings. The maximum absolute atomic E-state index is 12.1. The summed E-state index contributed by atoms with van der Waals surface area (Å²) in [5.41, 5.74) is 0. The van der Waals surface area contributed by atoms with Crippen molar-refractivity contribution in [2.75, 3.05) is 0 Å². The van der Waals surface area contributed by atoms with Crippen LogP contribution in [0.1, 0.15) is 85.5 Å². The molecule has 5 nitrogen and oxygen atoms in total. The van der Waals surface area contributed by atoms with Crippen molar-refractivity contribution in [3.8, 4) is 0 Å². The zero-order valence-corrected chi connectivity index (χ0v) is 17.7. The van der Waals surface area contributed by atoms with Gasteiger partial charge in [-0.15, -0.1) is 0 Å². The fourth-order valence-electron chi connectivity index (χ4n) is 3.93. The number of hydrogen-bond acceptors (Lipinski definition) is 4. The number of carbonyl (C=O) groups excluding carboxylic acids is 2. The molecule has 0 heterocycles. The molecule has 0 saturated heterocycles. The molecule has 0 aliphatic heterocycles. The van der Waals surface area contributed by atoms with Gasteiger partial charge in [-0.25, -0.2) is 0 Å². The van der Waals surface area contributed by atoms with Gasteiger partial charge in [-0.1, -0.05) is 66.2 Å². The number of carbonyl (C=O) groups is 2. The molecule has 156 valence electrons. The molecule has 0 aliphatic rings. The quantitative estimate of drug-likeness (QED) is 0.234. The van der Waals surface area contributed by atoms with Crippen LogP contribution in [0.15, 0.2) is 0 Å². The summed E-state index contributed by atoms with van der Waals surface area (Å²) in [5, 5.41) is -1.20. The van der Waals surface area contributed by atoms with Crippen molar-refractivity contribution in [1.29, 1.82) is 0 Å². The molecule has 0 bridgehead atoms. The Morgan fingerprint density at radius 3 is 1.67 bits per heavy atom. The first kappa shape index (κ1) is 29.5. The molecular weight excluding hydrogens is 375 g/mol. The first-order chi connectivity index (χ1) is 12.3. The van der Waals surface area contributed by atoms with Gasteiger partial charge in [0, 0.05) is 11.8 Å². The predicted molar refractivity (Wildman–Crippen MR) is 113 cm³/mol. The summed E-state index contributed by atoms with van der Waals surface area (Å²) >= 11 is 0. The van der Waals surface area contributed by atoms with Gasteiger partial charge >= 0.3 is 29.6 Å². The van der Waals surface area contributed by atoms with Crippen molar-refractivity contribution < 1.29 is 22.6 Å². The van der Waals surface area contributed by atoms with Crippen molar-refractivity contribution in [2.24, 2.45) is 23.7 Å². The third-order valence-corrected chi connectivity index (χ3v) is 6.98. The van der Waals surface area contributed by atoms with Crippen LogP contribution >= 0.6 is 0 Å². The summed E-state index contributed by atoms with van der Waals surface area (Å²) in [6.45, 7) is 8.05. The fourth-order valence-corrected chi connectivity index (χ4v) is 5.08. The van der Waals surface area contributed by atoms with Gasteiger partial charge in [-0.05, 0) is 31.1 Å². The molecule has 0 rings (SSSR count). The van der Waals surface area contributed by atoms with Crippen LogP contribution < -0.4 is 0 Å². The Hall–Kier alpha value is 0.250. The molecule has 0 amide bonds. The monoisotopic (exact) mass is 414 g/mol. The molecule has 0 radical (unpaired) electrons. The van der Waals surface area contributed by atoms with Crippen LogP contribution in [0, 0.1) is 23.7 Å². The molecule has 0 saturated carbocycles. The number of aldehydes is 2. The first-order valence-electron chi connectivity index (χ1n) is 10.2. The van der Waals surface area contributed by atoms with Crippen LogP contribution in [0.2, 0.25) is 0 Å². The molecule has 5 unspecified atom stereocenters. The average Bonchev–Trinajstić information content (AvgIpc) is 2.61. The Kier molecular flexibility index (Phi) is 17.6. The van der Waals surface area contributed by atoms with Gasteiger partial charge in [0.2, 0.25) is 0 Å². The molecule has 7 heteroatoms. The average molecular weight is 415 g/mol. The van der Waals surface area contributed by atoms with Gasteiger partial charge in [0.15, 0.2) is 0 Å². The molecule has 0 spiro atoms. The van der Waals surface area contributed by atoms with E-state index >= 15 is 0 Å². The molecular formula is C20H39NaO5S. The van der Waals surface area contributed by atoms with E-state index in [0.29, 0.717) is 12.7 Å². The summed E-state index contributed by atoms with van der Waals surface area (Å²) in [5.74, 6) is -1.24. The van der Waals surface area contributed by atoms with Crippen LogP contribution in [0.25, 0.3) is 0 Å². The molecule has 5 atom stereocenters. The van der Waals surface area contributed by atoms with Crippen LogP contribution in [-0.4, -0.2) is 60.4 Å². The second kappa shape index (κ2) is 16.1. The van der Waals surface area contributed by atoms with Crippen LogP contribution in [0.4, 0.5) is 0 Å². The Balaban J connectivity index is 0. The van der Waals surface area contributed by atoms with E-state index in [1.807, 2.05) is 20.8 Å². The SMILES string of the molecule is CCCCC(CC)C(C=O)CC(C(C=O)C(CC)CCCC)S(=O)(=O)O.[NaH]. The number of hydrogen-bond donors (Lipinski definition) is 1. The zero-order chi connectivity index (χ0) is 20.2. The van der Waals surface area contributed by atoms with Crippen molar-refractivity contribution >= 4 is 52.2 Å². The van der Waals surface area contributed by atoms with E-state index in [1.54, 1.807) is 0 Å². The molecule has 27 heavy (non-hydrogen) atoms. The molecule has 0 aromatic rings. The van der Waals surface area contributed by atoms with Crippen molar-refractivity contribution in [1.82, 2.24) is 0 Å². The third-order valence-electron chi connectivity index (χ3n) is 5.70. The normalized spacial score (nSPS) is 17.2. The second-order valence-electron chi connectivity index (χ2n) is 7.42. The van der Waals surface area contributed by atoms with Crippen LogP contribution in [0.3, 0.4) is 0 Å². The van der Waals surface area contributed by atoms with Crippen molar-refractivity contribution in [3.63, 3.8) is 0 Å². The second-order valence-corrected chi connectivity index (χ2v) is 9.06. The summed E-state index contributed by atoms with van der Waals surface area (Å²) in [7, 11) is -4.41. The Morgan fingerprint density at radius 1 is 0.852 bits per heavy atom. The van der Waals surface area contributed by atoms with Gasteiger partial charge in [0.05, 0.1) is 5.25 Å². The minimum absolute atomic E-state index is 0. The van der Waals surface area contributed by atoms with Gasteiger partial charge in [0.25, 0.3) is 10.1 Å². The van der Waals surface area contributed by atoms with E-state index < -0.39 is 27.2 Å². The van der Waals surface area contributed by atoms with E-state index in [9.17, 15) is 22.6 Å². The first-order valence-corrected chi connectivity index (χ1v) is 11.7. The maximum atomic E-state index is 12.1. The molecule has 0 aromatic heterocycles. The zero-order valence-electron chi connectivity index (χ0n) is 16.9. The molecule has 0 aromatic carbocycles. The Bertz CT molecular complexity index is 495. The van der Waals surface area contributed by atoms with Crippen molar-refractivity contribution in [2.45, 2.75) is 90.7 Å². The number of unbranched alkanes of at least 4 members (excludes halogenated alkanes) is 2. The van der Waals surface area contributed by atoms with E-state index in [1.165, 1.54) is 0 Å². The van der Waals surface area contributed by atoms with Gasteiger partial charge < -0.3 is 9.59 Å². The Labute approximate surface area is 188 Å². The summed E-state index contributed by atoms with van der Waals surface area (Å²) in [4.78, 5) is 23.5. The van der Waals surface area contributed by atoms with Gasteiger partial charge in [-0.2, -0.15) is 8.42 Å². The van der Waals surface area contributed by atoms with Crippen molar-refractivity contribution in [3.05, 3.63) is 0 Å². The third kappa shape index (κ3) is 10.6. The van der Waals surface area contributed by atoms with Gasteiger partial charge in [-0.3, -0.25) is 4.55 Å². The topological polar surface area (TPSA) is 88.5 Å². The van der Waals surface area contributed by atoms with E-state index in [-0.39, 0.29) is 47.8 Å². The standard InChI is InChI=1S/C20H38O5S.Na.H/c1-5-9-11-16(7-3)18(14-21)13-20(26(23,24)25)19(15-22)17(8-4)12-10-6-2;;/h14-20H,5-13H2,1-4H3,(H,23,24,25);;. The minimum atomic E-state index is -4.41. The molecule has 0 aliphatic carbocycles. The van der Waals surface area contributed by atoms with Crippen LogP contribution in [-0.2, 0) is 19.7 Å². The Morgan fingerprint density at radius 2 is 1.33 bits per heavy atom. The van der Waals surface area contributed by atoms with E-state index in [0.717, 1.165) is 51.2 Å². The van der Waals surface area contributed by atoms with Crippen LogP contribution in [0.5, 0.6) is 0 Å². The predicted octanol–water partition coefficient (Wildman–Crippen LogP) is 4.05.